The van der Waals surface area contributed by atoms with Gasteiger partial charge in [-0.05, 0) is 56.4 Å². The molecule has 0 radical (unpaired) electrons. The Kier molecular flexibility index (Phi) is 4.67. The van der Waals surface area contributed by atoms with E-state index in [9.17, 15) is 8.42 Å². The number of nitrogens with two attached hydrogens (primary N) is 1. The van der Waals surface area contributed by atoms with Gasteiger partial charge in [0.25, 0.3) is 0 Å². The summed E-state index contributed by atoms with van der Waals surface area (Å²) in [4.78, 5) is 0.269. The Balaban J connectivity index is 2.29. The van der Waals surface area contributed by atoms with Gasteiger partial charge in [-0.1, -0.05) is 0 Å². The Hall–Kier alpha value is -1.11. The summed E-state index contributed by atoms with van der Waals surface area (Å²) in [5, 5.41) is 8.92. The SMILES string of the molecule is Cc1cc(N)cc(S(=O)(=O)N2CCCC2CCCO)c1. The molecule has 6 heteroatoms. The van der Waals surface area contributed by atoms with Crippen molar-refractivity contribution in [3.63, 3.8) is 0 Å². The average Bonchev–Trinajstić information content (AvgIpc) is 2.84. The van der Waals surface area contributed by atoms with Crippen molar-refractivity contribution in [1.82, 2.24) is 4.31 Å². The van der Waals surface area contributed by atoms with E-state index in [4.69, 9.17) is 10.8 Å². The van der Waals surface area contributed by atoms with Gasteiger partial charge in [-0.25, -0.2) is 8.42 Å². The lowest BCUT2D eigenvalue weighted by molar-refractivity contribution is 0.264. The number of rotatable bonds is 5. The van der Waals surface area contributed by atoms with E-state index in [1.165, 1.54) is 6.07 Å². The van der Waals surface area contributed by atoms with Crippen molar-refractivity contribution >= 4 is 15.7 Å². The molecule has 1 fully saturated rings. The number of anilines is 1. The Morgan fingerprint density at radius 2 is 2.15 bits per heavy atom. The van der Waals surface area contributed by atoms with Crippen LogP contribution in [0.5, 0.6) is 0 Å². The van der Waals surface area contributed by atoms with Crippen molar-refractivity contribution in [3.05, 3.63) is 23.8 Å². The maximum atomic E-state index is 12.7. The molecule has 1 atom stereocenters. The highest BCUT2D eigenvalue weighted by molar-refractivity contribution is 7.89. The van der Waals surface area contributed by atoms with Crippen molar-refractivity contribution in [2.45, 2.75) is 43.5 Å². The molecule has 1 aromatic carbocycles. The topological polar surface area (TPSA) is 83.6 Å². The van der Waals surface area contributed by atoms with Gasteiger partial charge < -0.3 is 10.8 Å². The van der Waals surface area contributed by atoms with E-state index in [1.807, 2.05) is 6.92 Å². The van der Waals surface area contributed by atoms with Gasteiger partial charge in [-0.3, -0.25) is 0 Å². The molecule has 0 aliphatic carbocycles. The van der Waals surface area contributed by atoms with Crippen molar-refractivity contribution in [2.24, 2.45) is 0 Å². The lowest BCUT2D eigenvalue weighted by atomic mass is 10.1. The average molecular weight is 298 g/mol. The third-order valence-corrected chi connectivity index (χ3v) is 5.63. The minimum Gasteiger partial charge on any atom is -0.399 e. The largest absolute Gasteiger partial charge is 0.399 e. The molecule has 1 heterocycles. The van der Waals surface area contributed by atoms with Crippen LogP contribution in [-0.4, -0.2) is 37.0 Å². The first-order chi connectivity index (χ1) is 9.45. The van der Waals surface area contributed by atoms with Crippen LogP contribution in [0.1, 0.15) is 31.2 Å². The molecule has 0 bridgehead atoms. The fraction of sp³-hybridized carbons (Fsp3) is 0.571. The monoisotopic (exact) mass is 298 g/mol. The molecule has 5 nitrogen and oxygen atoms in total. The van der Waals surface area contributed by atoms with Crippen molar-refractivity contribution < 1.29 is 13.5 Å². The number of nitrogens with zero attached hydrogens (tertiary/aromatic N) is 1. The Morgan fingerprint density at radius 1 is 1.40 bits per heavy atom. The quantitative estimate of drug-likeness (QED) is 0.807. The van der Waals surface area contributed by atoms with E-state index < -0.39 is 10.0 Å². The van der Waals surface area contributed by atoms with Gasteiger partial charge in [-0.2, -0.15) is 4.31 Å². The smallest absolute Gasteiger partial charge is 0.243 e. The van der Waals surface area contributed by atoms with Crippen LogP contribution in [0.3, 0.4) is 0 Å². The van der Waals surface area contributed by atoms with Crippen LogP contribution in [0.4, 0.5) is 5.69 Å². The van der Waals surface area contributed by atoms with Gasteiger partial charge in [0.15, 0.2) is 0 Å². The standard InChI is InChI=1S/C14H22N2O3S/c1-11-8-12(15)10-14(9-11)20(18,19)16-6-2-4-13(16)5-3-7-17/h8-10,13,17H,2-7,15H2,1H3. The van der Waals surface area contributed by atoms with Gasteiger partial charge in [-0.15, -0.1) is 0 Å². The third-order valence-electron chi connectivity index (χ3n) is 3.70. The molecule has 0 aromatic heterocycles. The summed E-state index contributed by atoms with van der Waals surface area (Å²) in [6.45, 7) is 2.48. The third kappa shape index (κ3) is 3.13. The zero-order valence-electron chi connectivity index (χ0n) is 11.7. The molecular weight excluding hydrogens is 276 g/mol. The number of benzene rings is 1. The van der Waals surface area contributed by atoms with E-state index in [2.05, 4.69) is 0 Å². The summed E-state index contributed by atoms with van der Waals surface area (Å²) in [5.41, 5.74) is 7.06. The van der Waals surface area contributed by atoms with Crippen LogP contribution in [-0.2, 0) is 10.0 Å². The maximum Gasteiger partial charge on any atom is 0.243 e. The highest BCUT2D eigenvalue weighted by Crippen LogP contribution is 2.29. The number of hydrogen-bond acceptors (Lipinski definition) is 4. The van der Waals surface area contributed by atoms with Crippen LogP contribution >= 0.6 is 0 Å². The van der Waals surface area contributed by atoms with Crippen molar-refractivity contribution in [1.29, 1.82) is 0 Å². The lowest BCUT2D eigenvalue weighted by Crippen LogP contribution is -2.35. The van der Waals surface area contributed by atoms with E-state index in [-0.39, 0.29) is 17.5 Å². The maximum absolute atomic E-state index is 12.7. The predicted molar refractivity (Wildman–Crippen MR) is 78.8 cm³/mol. The zero-order valence-corrected chi connectivity index (χ0v) is 12.6. The lowest BCUT2D eigenvalue weighted by Gasteiger charge is -2.24. The molecule has 0 saturated carbocycles. The molecule has 1 saturated heterocycles. The number of nitrogen functional groups attached to an aromatic ring is 1. The second-order valence-electron chi connectivity index (χ2n) is 5.36. The van der Waals surface area contributed by atoms with Crippen LogP contribution < -0.4 is 5.73 Å². The first kappa shape index (κ1) is 15.3. The molecule has 0 spiro atoms. The Bertz CT molecular complexity index is 552. The van der Waals surface area contributed by atoms with Crippen molar-refractivity contribution in [3.8, 4) is 0 Å². The molecule has 112 valence electrons. The molecule has 1 aliphatic rings. The Morgan fingerprint density at radius 3 is 2.80 bits per heavy atom. The van der Waals surface area contributed by atoms with E-state index in [0.29, 0.717) is 25.1 Å². The number of aliphatic hydroxyl groups is 1. The summed E-state index contributed by atoms with van der Waals surface area (Å²) >= 11 is 0. The predicted octanol–water partition coefficient (Wildman–Crippen LogP) is 1.50. The number of aliphatic hydroxyl groups excluding tert-OH is 1. The van der Waals surface area contributed by atoms with Crippen molar-refractivity contribution in [2.75, 3.05) is 18.9 Å². The first-order valence-corrected chi connectivity index (χ1v) is 8.39. The van der Waals surface area contributed by atoms with E-state index in [0.717, 1.165) is 18.4 Å². The molecule has 1 aromatic rings. The van der Waals surface area contributed by atoms with Crippen LogP contribution in [0.2, 0.25) is 0 Å². The minimum atomic E-state index is -3.49. The highest BCUT2D eigenvalue weighted by Gasteiger charge is 2.34. The zero-order chi connectivity index (χ0) is 14.8. The first-order valence-electron chi connectivity index (χ1n) is 6.95. The second kappa shape index (κ2) is 6.11. The fourth-order valence-electron chi connectivity index (χ4n) is 2.80. The van der Waals surface area contributed by atoms with Gasteiger partial charge in [0.2, 0.25) is 10.0 Å². The summed E-state index contributed by atoms with van der Waals surface area (Å²) in [5.74, 6) is 0. The normalized spacial score (nSPS) is 20.4. The number of sulfonamides is 1. The minimum absolute atomic E-state index is 0.00566. The number of hydrogen-bond donors (Lipinski definition) is 2. The summed E-state index contributed by atoms with van der Waals surface area (Å²) < 4.78 is 27.0. The fourth-order valence-corrected chi connectivity index (χ4v) is 4.67. The second-order valence-corrected chi connectivity index (χ2v) is 7.25. The molecule has 3 N–H and O–H groups in total. The molecule has 0 amide bonds. The summed E-state index contributed by atoms with van der Waals surface area (Å²) in [6.07, 6.45) is 3.07. The highest BCUT2D eigenvalue weighted by atomic mass is 32.2. The number of aryl methyl sites for hydroxylation is 1. The van der Waals surface area contributed by atoms with Gasteiger partial charge in [0, 0.05) is 24.9 Å². The molecule has 20 heavy (non-hydrogen) atoms. The van der Waals surface area contributed by atoms with Gasteiger partial charge in [0.05, 0.1) is 4.90 Å². The van der Waals surface area contributed by atoms with E-state index in [1.54, 1.807) is 16.4 Å². The Labute approximate surface area is 120 Å². The van der Waals surface area contributed by atoms with Crippen LogP contribution in [0.25, 0.3) is 0 Å². The van der Waals surface area contributed by atoms with Crippen LogP contribution in [0, 0.1) is 6.92 Å². The van der Waals surface area contributed by atoms with Crippen LogP contribution in [0.15, 0.2) is 23.1 Å². The summed E-state index contributed by atoms with van der Waals surface area (Å²) in [6, 6.07) is 4.93. The molecular formula is C14H22N2O3S. The van der Waals surface area contributed by atoms with E-state index >= 15 is 0 Å². The molecule has 2 rings (SSSR count). The van der Waals surface area contributed by atoms with Gasteiger partial charge >= 0.3 is 0 Å². The van der Waals surface area contributed by atoms with Gasteiger partial charge in [0.1, 0.15) is 0 Å². The molecule has 1 aliphatic heterocycles. The molecule has 1 unspecified atom stereocenters. The summed E-state index contributed by atoms with van der Waals surface area (Å²) in [7, 11) is -3.49.